The lowest BCUT2D eigenvalue weighted by Gasteiger charge is -2.26. The van der Waals surface area contributed by atoms with Gasteiger partial charge in [0.15, 0.2) is 0 Å². The molecule has 1 fully saturated rings. The summed E-state index contributed by atoms with van der Waals surface area (Å²) >= 11 is 6.31. The predicted octanol–water partition coefficient (Wildman–Crippen LogP) is 2.70. The third-order valence-electron chi connectivity index (χ3n) is 4.60. The first-order valence-corrected chi connectivity index (χ1v) is 9.75. The lowest BCUT2D eigenvalue weighted by Crippen LogP contribution is -2.38. The van der Waals surface area contributed by atoms with Crippen LogP contribution in [0.15, 0.2) is 49.1 Å². The fourth-order valence-electron chi connectivity index (χ4n) is 3.09. The summed E-state index contributed by atoms with van der Waals surface area (Å²) in [7, 11) is 0. The first kappa shape index (κ1) is 19.4. The van der Waals surface area contributed by atoms with E-state index in [-0.39, 0.29) is 6.03 Å². The minimum absolute atomic E-state index is 0.361. The van der Waals surface area contributed by atoms with E-state index in [2.05, 4.69) is 25.7 Å². The summed E-state index contributed by atoms with van der Waals surface area (Å²) < 4.78 is 8.83. The fraction of sp³-hybridized carbons (Fsp3) is 0.316. The number of carbonyl (C=O) groups is 1. The van der Waals surface area contributed by atoms with Crippen LogP contribution in [0.4, 0.5) is 16.2 Å². The van der Waals surface area contributed by atoms with Crippen molar-refractivity contribution in [1.82, 2.24) is 24.5 Å². The van der Waals surface area contributed by atoms with Crippen molar-refractivity contribution in [2.75, 3.05) is 43.5 Å². The summed E-state index contributed by atoms with van der Waals surface area (Å²) in [5.74, 6) is 0. The number of halogens is 1. The number of amides is 2. The van der Waals surface area contributed by atoms with E-state index in [9.17, 15) is 4.79 Å². The van der Waals surface area contributed by atoms with E-state index in [0.717, 1.165) is 45.1 Å². The van der Waals surface area contributed by atoms with Gasteiger partial charge in [0.25, 0.3) is 0 Å². The van der Waals surface area contributed by atoms with Gasteiger partial charge in [0.05, 0.1) is 42.4 Å². The minimum Gasteiger partial charge on any atom is -0.379 e. The molecule has 0 saturated carbocycles. The molecule has 152 valence electrons. The predicted molar refractivity (Wildman–Crippen MR) is 111 cm³/mol. The second-order valence-corrected chi connectivity index (χ2v) is 7.05. The van der Waals surface area contributed by atoms with E-state index in [4.69, 9.17) is 16.3 Å². The smallest absolute Gasteiger partial charge is 0.323 e. The molecule has 2 amide bonds. The highest BCUT2D eigenvalue weighted by Gasteiger charge is 2.11. The number of morpholine rings is 1. The Hall–Kier alpha value is -2.88. The van der Waals surface area contributed by atoms with Gasteiger partial charge in [-0.1, -0.05) is 11.6 Å². The quantitative estimate of drug-likeness (QED) is 0.646. The van der Waals surface area contributed by atoms with Crippen LogP contribution in [0.1, 0.15) is 0 Å². The highest BCUT2D eigenvalue weighted by molar-refractivity contribution is 6.32. The monoisotopic (exact) mass is 415 g/mol. The lowest BCUT2D eigenvalue weighted by molar-refractivity contribution is 0.0360. The maximum absolute atomic E-state index is 12.3. The van der Waals surface area contributed by atoms with E-state index in [1.54, 1.807) is 41.5 Å². The molecule has 1 aliphatic rings. The highest BCUT2D eigenvalue weighted by atomic mass is 35.5. The molecule has 1 aliphatic heterocycles. The van der Waals surface area contributed by atoms with Gasteiger partial charge in [-0.05, 0) is 24.3 Å². The van der Waals surface area contributed by atoms with Gasteiger partial charge >= 0.3 is 6.03 Å². The largest absolute Gasteiger partial charge is 0.379 e. The van der Waals surface area contributed by atoms with Crippen LogP contribution in [0.25, 0.3) is 5.69 Å². The maximum atomic E-state index is 12.3. The van der Waals surface area contributed by atoms with Crippen LogP contribution in [-0.2, 0) is 11.3 Å². The van der Waals surface area contributed by atoms with Crippen LogP contribution < -0.4 is 10.6 Å². The zero-order chi connectivity index (χ0) is 20.1. The topological polar surface area (TPSA) is 89.2 Å². The molecular formula is C19H22ClN7O2. The summed E-state index contributed by atoms with van der Waals surface area (Å²) in [4.78, 5) is 14.6. The SMILES string of the molecule is O=C(Nc1ccc(-n2cccn2)c(Cl)c1)Nc1cnn(CCN2CCOCC2)c1. The Bertz CT molecular complexity index is 951. The third-order valence-corrected chi connectivity index (χ3v) is 4.90. The number of hydrogen-bond donors (Lipinski definition) is 2. The molecule has 1 saturated heterocycles. The van der Waals surface area contributed by atoms with Gasteiger partial charge in [-0.15, -0.1) is 0 Å². The second-order valence-electron chi connectivity index (χ2n) is 6.64. The summed E-state index contributed by atoms with van der Waals surface area (Å²) in [5, 5.41) is 14.5. The Morgan fingerprint density at radius 2 is 1.97 bits per heavy atom. The number of hydrogen-bond acceptors (Lipinski definition) is 5. The van der Waals surface area contributed by atoms with Crippen LogP contribution in [0, 0.1) is 0 Å². The van der Waals surface area contributed by atoms with E-state index >= 15 is 0 Å². The molecule has 1 aromatic carbocycles. The van der Waals surface area contributed by atoms with Gasteiger partial charge in [0.1, 0.15) is 0 Å². The Morgan fingerprint density at radius 3 is 2.72 bits per heavy atom. The zero-order valence-electron chi connectivity index (χ0n) is 15.8. The van der Waals surface area contributed by atoms with Crippen molar-refractivity contribution in [3.8, 4) is 5.69 Å². The number of anilines is 2. The average Bonchev–Trinajstić information content (AvgIpc) is 3.39. The Kier molecular flexibility index (Phi) is 6.09. The first-order chi connectivity index (χ1) is 14.2. The average molecular weight is 416 g/mol. The number of urea groups is 1. The first-order valence-electron chi connectivity index (χ1n) is 9.37. The highest BCUT2D eigenvalue weighted by Crippen LogP contribution is 2.24. The molecule has 0 unspecified atom stereocenters. The molecule has 0 atom stereocenters. The fourth-order valence-corrected chi connectivity index (χ4v) is 3.36. The van der Waals surface area contributed by atoms with Crippen molar-refractivity contribution in [3.05, 3.63) is 54.1 Å². The number of benzene rings is 1. The number of carbonyl (C=O) groups excluding carboxylic acids is 1. The maximum Gasteiger partial charge on any atom is 0.323 e. The molecule has 0 aliphatic carbocycles. The van der Waals surface area contributed by atoms with Crippen molar-refractivity contribution in [2.24, 2.45) is 0 Å². The van der Waals surface area contributed by atoms with Crippen LogP contribution in [0.3, 0.4) is 0 Å². The number of aromatic nitrogens is 4. The normalized spacial score (nSPS) is 14.7. The van der Waals surface area contributed by atoms with Gasteiger partial charge in [-0.3, -0.25) is 9.58 Å². The van der Waals surface area contributed by atoms with Crippen LogP contribution in [0.2, 0.25) is 5.02 Å². The molecule has 29 heavy (non-hydrogen) atoms. The molecular weight excluding hydrogens is 394 g/mol. The van der Waals surface area contributed by atoms with Gasteiger partial charge in [-0.2, -0.15) is 10.2 Å². The van der Waals surface area contributed by atoms with Crippen LogP contribution in [-0.4, -0.2) is 63.3 Å². The van der Waals surface area contributed by atoms with Gasteiger partial charge in [-0.25, -0.2) is 9.48 Å². The molecule has 2 N–H and O–H groups in total. The van der Waals surface area contributed by atoms with Gasteiger partial charge in [0, 0.05) is 43.9 Å². The zero-order valence-corrected chi connectivity index (χ0v) is 16.5. The molecule has 3 aromatic rings. The molecule has 4 rings (SSSR count). The Labute approximate surface area is 173 Å². The second kappa shape index (κ2) is 9.08. The van der Waals surface area contributed by atoms with Crippen molar-refractivity contribution < 1.29 is 9.53 Å². The number of ether oxygens (including phenoxy) is 1. The lowest BCUT2D eigenvalue weighted by atomic mass is 10.3. The van der Waals surface area contributed by atoms with Crippen molar-refractivity contribution in [1.29, 1.82) is 0 Å². The Morgan fingerprint density at radius 1 is 1.14 bits per heavy atom. The van der Waals surface area contributed by atoms with Crippen molar-refractivity contribution >= 4 is 29.0 Å². The van der Waals surface area contributed by atoms with E-state index in [1.165, 1.54) is 0 Å². The van der Waals surface area contributed by atoms with Crippen LogP contribution >= 0.6 is 11.6 Å². The number of rotatable bonds is 6. The van der Waals surface area contributed by atoms with Gasteiger partial charge in [0.2, 0.25) is 0 Å². The number of nitrogens with zero attached hydrogens (tertiary/aromatic N) is 5. The molecule has 0 radical (unpaired) electrons. The van der Waals surface area contributed by atoms with Crippen molar-refractivity contribution in [2.45, 2.75) is 6.54 Å². The molecule has 0 spiro atoms. The molecule has 10 heteroatoms. The molecule has 0 bridgehead atoms. The summed E-state index contributed by atoms with van der Waals surface area (Å²) in [6, 6.07) is 6.71. The van der Waals surface area contributed by atoms with Gasteiger partial charge < -0.3 is 15.4 Å². The standard InChI is InChI=1S/C19H22ClN7O2/c20-17-12-15(2-3-18(17)27-5-1-4-21-27)23-19(28)24-16-13-22-26(14-16)7-6-25-8-10-29-11-9-25/h1-5,12-14H,6-11H2,(H2,23,24,28). The molecule has 2 aromatic heterocycles. The van der Waals surface area contributed by atoms with Crippen LogP contribution in [0.5, 0.6) is 0 Å². The van der Waals surface area contributed by atoms with Crippen molar-refractivity contribution in [3.63, 3.8) is 0 Å². The van der Waals surface area contributed by atoms with E-state index < -0.39 is 0 Å². The summed E-state index contributed by atoms with van der Waals surface area (Å²) in [6.07, 6.45) is 6.93. The molecule has 9 nitrogen and oxygen atoms in total. The molecule has 3 heterocycles. The number of nitrogens with one attached hydrogen (secondary N) is 2. The summed E-state index contributed by atoms with van der Waals surface area (Å²) in [5.41, 5.74) is 1.95. The summed E-state index contributed by atoms with van der Waals surface area (Å²) in [6.45, 7) is 5.09. The Balaban J connectivity index is 1.29. The van der Waals surface area contributed by atoms with E-state index in [1.807, 2.05) is 16.9 Å². The van der Waals surface area contributed by atoms with E-state index in [0.29, 0.717) is 16.4 Å². The minimum atomic E-state index is -0.361. The third kappa shape index (κ3) is 5.14.